The maximum atomic E-state index is 12.4. The molecule has 0 unspecified atom stereocenters. The van der Waals surface area contributed by atoms with Crippen LogP contribution < -0.4 is 10.3 Å². The minimum atomic E-state index is -0.443. The maximum absolute atomic E-state index is 12.4. The molecular formula is C18H22N4O4. The van der Waals surface area contributed by atoms with Crippen molar-refractivity contribution in [2.45, 2.75) is 39.3 Å². The van der Waals surface area contributed by atoms with Crippen LogP contribution in [-0.2, 0) is 19.5 Å². The number of hydrogen-bond donors (Lipinski definition) is 1. The summed E-state index contributed by atoms with van der Waals surface area (Å²) in [7, 11) is 1.50. The second-order valence-electron chi connectivity index (χ2n) is 6.75. The van der Waals surface area contributed by atoms with Crippen molar-refractivity contribution < 1.29 is 9.66 Å². The van der Waals surface area contributed by atoms with E-state index < -0.39 is 4.92 Å². The fourth-order valence-electron chi connectivity index (χ4n) is 3.13. The number of fused-ring (bicyclic) bond motifs is 1. The number of hydrogen-bond acceptors (Lipinski definition) is 6. The van der Waals surface area contributed by atoms with Gasteiger partial charge in [0.1, 0.15) is 11.6 Å². The molecule has 26 heavy (non-hydrogen) atoms. The van der Waals surface area contributed by atoms with Crippen LogP contribution in [0, 0.1) is 10.1 Å². The number of H-pyrrole nitrogens is 1. The Hall–Kier alpha value is -2.74. The molecule has 1 N–H and O–H groups in total. The molecular weight excluding hydrogens is 336 g/mol. The topological polar surface area (TPSA) is 101 Å². The van der Waals surface area contributed by atoms with E-state index in [1.165, 1.54) is 19.2 Å². The van der Waals surface area contributed by atoms with Crippen LogP contribution in [0.4, 0.5) is 5.69 Å². The van der Waals surface area contributed by atoms with Crippen LogP contribution in [0.1, 0.15) is 42.4 Å². The van der Waals surface area contributed by atoms with E-state index in [1.807, 2.05) is 13.8 Å². The smallest absolute Gasteiger partial charge is 0.273 e. The number of methoxy groups -OCH3 is 1. The molecule has 0 atom stereocenters. The van der Waals surface area contributed by atoms with E-state index in [-0.39, 0.29) is 17.2 Å². The van der Waals surface area contributed by atoms with Gasteiger partial charge in [-0.15, -0.1) is 0 Å². The Balaban J connectivity index is 1.82. The number of nitro benzene ring substituents is 1. The third kappa shape index (κ3) is 3.60. The Morgan fingerprint density at radius 1 is 1.42 bits per heavy atom. The zero-order valence-electron chi connectivity index (χ0n) is 15.1. The molecule has 138 valence electrons. The first-order chi connectivity index (χ1) is 12.4. The summed E-state index contributed by atoms with van der Waals surface area (Å²) in [5.41, 5.74) is 2.33. The van der Waals surface area contributed by atoms with Crippen molar-refractivity contribution in [3.8, 4) is 5.75 Å². The molecule has 0 saturated carbocycles. The fourth-order valence-corrected chi connectivity index (χ4v) is 3.13. The second-order valence-corrected chi connectivity index (χ2v) is 6.75. The summed E-state index contributed by atoms with van der Waals surface area (Å²) in [6.07, 6.45) is 0.703. The predicted molar refractivity (Wildman–Crippen MR) is 96.4 cm³/mol. The summed E-state index contributed by atoms with van der Waals surface area (Å²) in [5.74, 6) is 1.38. The van der Waals surface area contributed by atoms with E-state index in [4.69, 9.17) is 4.74 Å². The average molecular weight is 358 g/mol. The fraction of sp³-hybridized carbons (Fsp3) is 0.444. The van der Waals surface area contributed by atoms with Gasteiger partial charge < -0.3 is 9.72 Å². The number of aromatic nitrogens is 2. The predicted octanol–water partition coefficient (Wildman–Crippen LogP) is 2.37. The Morgan fingerprint density at radius 3 is 2.85 bits per heavy atom. The molecule has 0 fully saturated rings. The number of nitro groups is 1. The highest BCUT2D eigenvalue weighted by atomic mass is 16.6. The third-order valence-electron chi connectivity index (χ3n) is 4.59. The molecule has 0 spiro atoms. The number of ether oxygens (including phenoxy) is 1. The van der Waals surface area contributed by atoms with E-state index in [0.29, 0.717) is 30.8 Å². The van der Waals surface area contributed by atoms with Crippen LogP contribution in [0.15, 0.2) is 23.0 Å². The Bertz CT molecular complexity index is 891. The summed E-state index contributed by atoms with van der Waals surface area (Å²) in [6, 6.07) is 4.60. The molecule has 0 radical (unpaired) electrons. The summed E-state index contributed by atoms with van der Waals surface area (Å²) in [5, 5.41) is 10.9. The van der Waals surface area contributed by atoms with Crippen molar-refractivity contribution >= 4 is 5.69 Å². The van der Waals surface area contributed by atoms with Crippen molar-refractivity contribution in [1.82, 2.24) is 14.9 Å². The van der Waals surface area contributed by atoms with Crippen molar-refractivity contribution in [2.75, 3.05) is 13.7 Å². The van der Waals surface area contributed by atoms with E-state index >= 15 is 0 Å². The lowest BCUT2D eigenvalue weighted by molar-refractivity contribution is -0.384. The van der Waals surface area contributed by atoms with Crippen LogP contribution >= 0.6 is 0 Å². The molecule has 0 bridgehead atoms. The largest absolute Gasteiger partial charge is 0.496 e. The third-order valence-corrected chi connectivity index (χ3v) is 4.59. The van der Waals surface area contributed by atoms with Gasteiger partial charge in [-0.2, -0.15) is 0 Å². The molecule has 1 aliphatic rings. The van der Waals surface area contributed by atoms with Crippen molar-refractivity contribution in [3.63, 3.8) is 0 Å². The monoisotopic (exact) mass is 358 g/mol. The average Bonchev–Trinajstić information content (AvgIpc) is 2.62. The molecule has 0 amide bonds. The molecule has 8 nitrogen and oxygen atoms in total. The Kier molecular flexibility index (Phi) is 5.03. The molecule has 3 rings (SSSR count). The minimum Gasteiger partial charge on any atom is -0.496 e. The summed E-state index contributed by atoms with van der Waals surface area (Å²) in [6.45, 7) is 5.81. The standard InChI is InChI=1S/C18H22N4O4/c1-11(2)17-19-15-6-7-21(10-14(15)18(23)20-17)9-12-4-5-13(22(24)25)8-16(12)26-3/h4-5,8,11H,6-7,9-10H2,1-3H3,(H,19,20,23). The van der Waals surface area contributed by atoms with Gasteiger partial charge in [0.15, 0.2) is 0 Å². The van der Waals surface area contributed by atoms with Crippen molar-refractivity contribution in [3.05, 3.63) is 61.3 Å². The van der Waals surface area contributed by atoms with E-state index in [9.17, 15) is 14.9 Å². The Morgan fingerprint density at radius 2 is 2.19 bits per heavy atom. The van der Waals surface area contributed by atoms with Gasteiger partial charge in [-0.25, -0.2) is 4.98 Å². The highest BCUT2D eigenvalue weighted by Gasteiger charge is 2.23. The highest BCUT2D eigenvalue weighted by molar-refractivity contribution is 5.44. The van der Waals surface area contributed by atoms with Gasteiger partial charge in [0.05, 0.1) is 29.4 Å². The van der Waals surface area contributed by atoms with Crippen LogP contribution in [0.25, 0.3) is 0 Å². The zero-order chi connectivity index (χ0) is 18.8. The lowest BCUT2D eigenvalue weighted by Gasteiger charge is -2.28. The number of non-ortho nitro benzene ring substituents is 1. The molecule has 1 aromatic carbocycles. The van der Waals surface area contributed by atoms with Gasteiger partial charge >= 0.3 is 0 Å². The number of nitrogens with one attached hydrogen (secondary N) is 1. The minimum absolute atomic E-state index is 0.00329. The molecule has 2 aromatic rings. The molecule has 1 aromatic heterocycles. The number of rotatable bonds is 5. The van der Waals surface area contributed by atoms with Crippen LogP contribution in [0.2, 0.25) is 0 Å². The first-order valence-corrected chi connectivity index (χ1v) is 8.54. The molecule has 1 aliphatic heterocycles. The second kappa shape index (κ2) is 7.25. The summed E-state index contributed by atoms with van der Waals surface area (Å²) >= 11 is 0. The SMILES string of the molecule is COc1cc([N+](=O)[O-])ccc1CN1CCc2nc(C(C)C)[nH]c(=O)c2C1. The normalized spacial score (nSPS) is 14.3. The summed E-state index contributed by atoms with van der Waals surface area (Å²) in [4.78, 5) is 32.5. The van der Waals surface area contributed by atoms with Gasteiger partial charge in [0.2, 0.25) is 0 Å². The van der Waals surface area contributed by atoms with E-state index in [0.717, 1.165) is 23.6 Å². The van der Waals surface area contributed by atoms with Gasteiger partial charge in [-0.1, -0.05) is 13.8 Å². The first kappa shape index (κ1) is 18.1. The van der Waals surface area contributed by atoms with Crippen LogP contribution in [0.5, 0.6) is 5.75 Å². The van der Waals surface area contributed by atoms with Crippen LogP contribution in [-0.4, -0.2) is 33.4 Å². The van der Waals surface area contributed by atoms with E-state index in [1.54, 1.807) is 6.07 Å². The zero-order valence-corrected chi connectivity index (χ0v) is 15.1. The highest BCUT2D eigenvalue weighted by Crippen LogP contribution is 2.27. The first-order valence-electron chi connectivity index (χ1n) is 8.54. The maximum Gasteiger partial charge on any atom is 0.273 e. The number of aromatic amines is 1. The number of nitrogens with zero attached hydrogens (tertiary/aromatic N) is 3. The lowest BCUT2D eigenvalue weighted by Crippen LogP contribution is -2.36. The van der Waals surface area contributed by atoms with E-state index in [2.05, 4.69) is 14.9 Å². The van der Waals surface area contributed by atoms with Gasteiger partial charge in [0.25, 0.3) is 11.2 Å². The number of benzene rings is 1. The van der Waals surface area contributed by atoms with Gasteiger partial charge in [0, 0.05) is 43.6 Å². The Labute approximate surface area is 151 Å². The molecule has 8 heteroatoms. The quantitative estimate of drug-likeness (QED) is 0.650. The van der Waals surface area contributed by atoms with Gasteiger partial charge in [-0.3, -0.25) is 19.8 Å². The van der Waals surface area contributed by atoms with Gasteiger partial charge in [-0.05, 0) is 6.07 Å². The van der Waals surface area contributed by atoms with Crippen molar-refractivity contribution in [2.24, 2.45) is 0 Å². The molecule has 0 aliphatic carbocycles. The lowest BCUT2D eigenvalue weighted by atomic mass is 10.0. The van der Waals surface area contributed by atoms with Crippen LogP contribution in [0.3, 0.4) is 0 Å². The molecule has 0 saturated heterocycles. The van der Waals surface area contributed by atoms with Crippen molar-refractivity contribution in [1.29, 1.82) is 0 Å². The molecule has 2 heterocycles. The summed E-state index contributed by atoms with van der Waals surface area (Å²) < 4.78 is 5.30.